The summed E-state index contributed by atoms with van der Waals surface area (Å²) < 4.78 is 121. The molecule has 248 valence electrons. The number of alkyl halides is 8. The Bertz CT molecular complexity index is 1680. The highest BCUT2D eigenvalue weighted by molar-refractivity contribution is 7.15. The van der Waals surface area contributed by atoms with Crippen LogP contribution in [0.4, 0.5) is 35.1 Å². The molecule has 0 spiro atoms. The number of aromatic nitrogens is 3. The second-order valence-corrected chi connectivity index (χ2v) is 11.5. The van der Waals surface area contributed by atoms with Gasteiger partial charge in [-0.1, -0.05) is 24.2 Å². The second kappa shape index (κ2) is 13.4. The van der Waals surface area contributed by atoms with Crippen LogP contribution in [-0.4, -0.2) is 45.9 Å². The Kier molecular flexibility index (Phi) is 9.72. The van der Waals surface area contributed by atoms with E-state index in [1.54, 1.807) is 6.92 Å². The van der Waals surface area contributed by atoms with Crippen molar-refractivity contribution in [2.24, 2.45) is 5.92 Å². The highest BCUT2D eigenvalue weighted by atomic mass is 32.1. The number of benzene rings is 2. The maximum absolute atomic E-state index is 13.3. The Morgan fingerprint density at radius 2 is 1.74 bits per heavy atom. The van der Waals surface area contributed by atoms with Gasteiger partial charge in [0.1, 0.15) is 22.6 Å². The van der Waals surface area contributed by atoms with E-state index in [0.717, 1.165) is 23.5 Å². The summed E-state index contributed by atoms with van der Waals surface area (Å²) in [5.41, 5.74) is 0.0279. The van der Waals surface area contributed by atoms with Crippen LogP contribution in [0.2, 0.25) is 0 Å². The highest BCUT2D eigenvalue weighted by Crippen LogP contribution is 2.41. The average Bonchev–Trinajstić information content (AvgIpc) is 3.61. The molecule has 4 aromatic rings. The summed E-state index contributed by atoms with van der Waals surface area (Å²) in [6.45, 7) is -0.959. The third-order valence-corrected chi connectivity index (χ3v) is 8.66. The van der Waals surface area contributed by atoms with Gasteiger partial charge in [-0.25, -0.2) is 9.78 Å². The molecule has 0 unspecified atom stereocenters. The molecule has 1 atom stereocenters. The summed E-state index contributed by atoms with van der Waals surface area (Å²) in [6.07, 6.45) is -9.40. The number of hydrogen-bond acceptors (Lipinski definition) is 8. The molecule has 3 heterocycles. The maximum Gasteiger partial charge on any atom is 0.439 e. The Balaban J connectivity index is 1.46. The van der Waals surface area contributed by atoms with Crippen molar-refractivity contribution in [2.45, 2.75) is 57.8 Å². The molecule has 1 aliphatic rings. The minimum atomic E-state index is -4.53. The zero-order chi connectivity index (χ0) is 33.2. The zero-order valence-electron chi connectivity index (χ0n) is 23.9. The molecule has 1 saturated heterocycles. The molecule has 0 bridgehead atoms. The van der Waals surface area contributed by atoms with E-state index >= 15 is 0 Å². The van der Waals surface area contributed by atoms with Gasteiger partial charge in [0.25, 0.3) is 0 Å². The Morgan fingerprint density at radius 1 is 1.04 bits per heavy atom. The van der Waals surface area contributed by atoms with Crippen molar-refractivity contribution in [3.05, 3.63) is 69.1 Å². The molecule has 2 aromatic carbocycles. The van der Waals surface area contributed by atoms with E-state index in [-0.39, 0.29) is 55.4 Å². The van der Waals surface area contributed by atoms with Gasteiger partial charge in [0, 0.05) is 18.2 Å². The minimum absolute atomic E-state index is 0.00289. The summed E-state index contributed by atoms with van der Waals surface area (Å²) in [5, 5.41) is 3.87. The standard InChI is InChI=1S/C29H26F8N4O4S/c1-2-21(43-18-7-8-19(22(13-18)44-26(30)31)24-39-27(42)45-40-24)23-20(14-41-11-9-17(10-12-41)29(35,36)37)38-25(46-23)15-3-5-16(6-4-15)28(32,33)34/h3-8,13,17,21,26H,2,9-12,14H2,1H3,(H,39,40,42)/t21-/m1/s1. The van der Waals surface area contributed by atoms with E-state index in [4.69, 9.17) is 4.74 Å². The van der Waals surface area contributed by atoms with Crippen molar-refractivity contribution >= 4 is 11.3 Å². The first-order chi connectivity index (χ1) is 21.7. The number of halogens is 8. The number of likely N-dealkylation sites (tertiary alicyclic amines) is 1. The topological polar surface area (TPSA) is 93.5 Å². The van der Waals surface area contributed by atoms with Gasteiger partial charge in [0.15, 0.2) is 5.82 Å². The molecule has 1 N–H and O–H groups in total. The van der Waals surface area contributed by atoms with Crippen molar-refractivity contribution < 1.29 is 49.1 Å². The molecule has 8 nitrogen and oxygen atoms in total. The lowest BCUT2D eigenvalue weighted by molar-refractivity contribution is -0.185. The number of ether oxygens (including phenoxy) is 2. The van der Waals surface area contributed by atoms with E-state index in [2.05, 4.69) is 24.4 Å². The van der Waals surface area contributed by atoms with Gasteiger partial charge in [-0.15, -0.1) is 11.3 Å². The molecule has 0 amide bonds. The summed E-state index contributed by atoms with van der Waals surface area (Å²) in [6, 6.07) is 8.37. The molecule has 1 fully saturated rings. The van der Waals surface area contributed by atoms with E-state index in [1.165, 1.54) is 30.3 Å². The van der Waals surface area contributed by atoms with Crippen LogP contribution in [0.1, 0.15) is 48.4 Å². The Morgan fingerprint density at radius 3 is 2.30 bits per heavy atom. The van der Waals surface area contributed by atoms with Gasteiger partial charge in [0.2, 0.25) is 0 Å². The van der Waals surface area contributed by atoms with Crippen LogP contribution in [-0.2, 0) is 12.7 Å². The molecule has 5 rings (SSSR count). The summed E-state index contributed by atoms with van der Waals surface area (Å²) in [7, 11) is 0. The van der Waals surface area contributed by atoms with Crippen LogP contribution in [0.25, 0.3) is 22.0 Å². The first kappa shape index (κ1) is 33.4. The molecule has 1 aliphatic heterocycles. The molecule has 17 heteroatoms. The first-order valence-electron chi connectivity index (χ1n) is 14.0. The smallest absolute Gasteiger partial charge is 0.439 e. The predicted molar refractivity (Wildman–Crippen MR) is 149 cm³/mol. The molecule has 2 aromatic heterocycles. The van der Waals surface area contributed by atoms with Crippen LogP contribution < -0.4 is 15.2 Å². The number of rotatable bonds is 10. The van der Waals surface area contributed by atoms with Crippen molar-refractivity contribution in [3.8, 4) is 33.5 Å². The van der Waals surface area contributed by atoms with Gasteiger partial charge in [0.05, 0.1) is 27.6 Å². The maximum atomic E-state index is 13.3. The summed E-state index contributed by atoms with van der Waals surface area (Å²) in [5.74, 6) is -2.74. The average molecular weight is 679 g/mol. The Labute approximate surface area is 259 Å². The molecule has 0 aliphatic carbocycles. The summed E-state index contributed by atoms with van der Waals surface area (Å²) >= 11 is 1.15. The quantitative estimate of drug-likeness (QED) is 0.170. The van der Waals surface area contributed by atoms with Crippen molar-refractivity contribution in [2.75, 3.05) is 13.1 Å². The predicted octanol–water partition coefficient (Wildman–Crippen LogP) is 8.08. The normalized spacial score (nSPS) is 15.8. The fourth-order valence-electron chi connectivity index (χ4n) is 5.08. The largest absolute Gasteiger partial charge is 0.485 e. The van der Waals surface area contributed by atoms with Crippen molar-refractivity contribution in [3.63, 3.8) is 0 Å². The number of nitrogens with one attached hydrogen (secondary N) is 1. The summed E-state index contributed by atoms with van der Waals surface area (Å²) in [4.78, 5) is 20.7. The number of thiazole rings is 1. The lowest BCUT2D eigenvalue weighted by atomic mass is 9.96. The van der Waals surface area contributed by atoms with Gasteiger partial charge < -0.3 is 9.47 Å². The molecular weight excluding hydrogens is 652 g/mol. The van der Waals surface area contributed by atoms with Crippen molar-refractivity contribution in [1.82, 2.24) is 20.0 Å². The fourth-order valence-corrected chi connectivity index (χ4v) is 6.27. The van der Waals surface area contributed by atoms with E-state index < -0.39 is 42.3 Å². The van der Waals surface area contributed by atoms with E-state index in [0.29, 0.717) is 27.6 Å². The van der Waals surface area contributed by atoms with Crippen LogP contribution in [0.15, 0.2) is 51.8 Å². The zero-order valence-corrected chi connectivity index (χ0v) is 24.7. The van der Waals surface area contributed by atoms with Gasteiger partial charge in [-0.2, -0.15) is 35.1 Å². The van der Waals surface area contributed by atoms with Gasteiger partial charge >= 0.3 is 24.7 Å². The number of hydrogen-bond donors (Lipinski definition) is 1. The Hall–Kier alpha value is -3.99. The number of H-pyrrole nitrogens is 1. The van der Waals surface area contributed by atoms with Gasteiger partial charge in [-0.3, -0.25) is 14.4 Å². The van der Waals surface area contributed by atoms with Crippen molar-refractivity contribution in [1.29, 1.82) is 0 Å². The van der Waals surface area contributed by atoms with E-state index in [9.17, 15) is 39.9 Å². The monoisotopic (exact) mass is 678 g/mol. The molecule has 0 radical (unpaired) electrons. The van der Waals surface area contributed by atoms with Crippen LogP contribution in [0.3, 0.4) is 0 Å². The molecular formula is C29H26F8N4O4S. The lowest BCUT2D eigenvalue weighted by Crippen LogP contribution is -2.38. The number of piperidine rings is 1. The lowest BCUT2D eigenvalue weighted by Gasteiger charge is -2.32. The SMILES string of the molecule is CC[C@@H](Oc1ccc(-c2noc(=O)[nH]2)c(OC(F)F)c1)c1sc(-c2ccc(C(F)(F)F)cc2)nc1CN1CCC(C(F)(F)F)CC1. The molecule has 46 heavy (non-hydrogen) atoms. The molecule has 0 saturated carbocycles. The van der Waals surface area contributed by atoms with Crippen LogP contribution >= 0.6 is 11.3 Å². The second-order valence-electron chi connectivity index (χ2n) is 10.5. The first-order valence-corrected chi connectivity index (χ1v) is 14.8. The van der Waals surface area contributed by atoms with Crippen LogP contribution in [0, 0.1) is 5.92 Å². The van der Waals surface area contributed by atoms with E-state index in [1.807, 2.05) is 4.90 Å². The fraction of sp³-hybridized carbons (Fsp3) is 0.414. The third-order valence-electron chi connectivity index (χ3n) is 7.42. The highest BCUT2D eigenvalue weighted by Gasteiger charge is 2.41. The minimum Gasteiger partial charge on any atom is -0.485 e. The number of aromatic amines is 1. The number of nitrogens with zero attached hydrogens (tertiary/aromatic N) is 3. The van der Waals surface area contributed by atoms with Gasteiger partial charge in [-0.05, 0) is 56.6 Å². The van der Waals surface area contributed by atoms with Crippen LogP contribution in [0.5, 0.6) is 11.5 Å². The third kappa shape index (κ3) is 7.86.